The lowest BCUT2D eigenvalue weighted by atomic mass is 9.79. The largest absolute Gasteiger partial charge is 0.465 e. The van der Waals surface area contributed by atoms with Crippen molar-refractivity contribution < 1.29 is 9.53 Å². The third-order valence-electron chi connectivity index (χ3n) is 3.27. The van der Waals surface area contributed by atoms with Crippen molar-refractivity contribution in [1.82, 2.24) is 0 Å². The molecule has 2 nitrogen and oxygen atoms in total. The minimum absolute atomic E-state index is 0.0914. The zero-order valence-corrected chi connectivity index (χ0v) is 10.8. The second-order valence-corrected chi connectivity index (χ2v) is 4.76. The van der Waals surface area contributed by atoms with Crippen LogP contribution in [0.5, 0.6) is 0 Å². The minimum Gasteiger partial charge on any atom is -0.465 e. The maximum Gasteiger partial charge on any atom is 0.337 e. The summed E-state index contributed by atoms with van der Waals surface area (Å²) in [4.78, 5) is 11.5. The van der Waals surface area contributed by atoms with Crippen LogP contribution in [0.15, 0.2) is 18.2 Å². The molecule has 0 aliphatic rings. The highest BCUT2D eigenvalue weighted by atomic mass is 16.5. The normalized spacial score (nSPS) is 11.3. The first-order chi connectivity index (χ1) is 7.42. The summed E-state index contributed by atoms with van der Waals surface area (Å²) in [7, 11) is 1.41. The summed E-state index contributed by atoms with van der Waals surface area (Å²) in [6.07, 6.45) is 1.04. The number of ether oxygens (including phenoxy) is 1. The molecule has 0 aliphatic carbocycles. The van der Waals surface area contributed by atoms with Crippen LogP contribution in [0.25, 0.3) is 0 Å². The molecular weight excluding hydrogens is 200 g/mol. The van der Waals surface area contributed by atoms with Crippen molar-refractivity contribution in [2.45, 2.75) is 39.5 Å². The summed E-state index contributed by atoms with van der Waals surface area (Å²) < 4.78 is 4.74. The van der Waals surface area contributed by atoms with Crippen LogP contribution >= 0.6 is 0 Å². The van der Waals surface area contributed by atoms with E-state index in [0.29, 0.717) is 5.56 Å². The van der Waals surface area contributed by atoms with Crippen LogP contribution in [0, 0.1) is 6.92 Å². The topological polar surface area (TPSA) is 26.3 Å². The van der Waals surface area contributed by atoms with Crippen molar-refractivity contribution in [1.29, 1.82) is 0 Å². The number of hydrogen-bond acceptors (Lipinski definition) is 2. The number of aryl methyl sites for hydroxylation is 1. The minimum atomic E-state index is -0.270. The van der Waals surface area contributed by atoms with Gasteiger partial charge in [-0.25, -0.2) is 4.79 Å². The van der Waals surface area contributed by atoms with E-state index < -0.39 is 0 Å². The van der Waals surface area contributed by atoms with Crippen molar-refractivity contribution in [2.24, 2.45) is 0 Å². The van der Waals surface area contributed by atoms with E-state index in [4.69, 9.17) is 4.74 Å². The van der Waals surface area contributed by atoms with E-state index in [9.17, 15) is 4.79 Å². The standard InChI is InChI=1S/C14H20O2/c1-6-14(3,4)12-9-11(13(15)16-5)8-7-10(12)2/h7-9H,6H2,1-5H3. The van der Waals surface area contributed by atoms with Gasteiger partial charge >= 0.3 is 5.97 Å². The van der Waals surface area contributed by atoms with E-state index in [1.807, 2.05) is 18.2 Å². The Hall–Kier alpha value is -1.31. The predicted octanol–water partition coefficient (Wildman–Crippen LogP) is 3.47. The van der Waals surface area contributed by atoms with Gasteiger partial charge in [0.25, 0.3) is 0 Å². The molecule has 1 aromatic rings. The Morgan fingerprint density at radius 1 is 1.38 bits per heavy atom. The molecule has 0 aliphatic heterocycles. The first-order valence-electron chi connectivity index (χ1n) is 5.62. The molecule has 0 N–H and O–H groups in total. The maximum atomic E-state index is 11.5. The number of hydrogen-bond donors (Lipinski definition) is 0. The monoisotopic (exact) mass is 220 g/mol. The van der Waals surface area contributed by atoms with Crippen LogP contribution in [0.2, 0.25) is 0 Å². The lowest BCUT2D eigenvalue weighted by molar-refractivity contribution is 0.0600. The van der Waals surface area contributed by atoms with Crippen LogP contribution in [0.4, 0.5) is 0 Å². The number of carbonyl (C=O) groups is 1. The van der Waals surface area contributed by atoms with Gasteiger partial charge in [-0.3, -0.25) is 0 Å². The Kier molecular flexibility index (Phi) is 3.74. The van der Waals surface area contributed by atoms with Crippen molar-refractivity contribution in [3.8, 4) is 0 Å². The van der Waals surface area contributed by atoms with Crippen molar-refractivity contribution >= 4 is 5.97 Å². The smallest absolute Gasteiger partial charge is 0.337 e. The molecule has 1 rings (SSSR count). The van der Waals surface area contributed by atoms with Crippen molar-refractivity contribution in [3.05, 3.63) is 34.9 Å². The molecule has 16 heavy (non-hydrogen) atoms. The fourth-order valence-electron chi connectivity index (χ4n) is 1.79. The highest BCUT2D eigenvalue weighted by Crippen LogP contribution is 2.30. The van der Waals surface area contributed by atoms with Crippen LogP contribution in [-0.4, -0.2) is 13.1 Å². The molecule has 88 valence electrons. The van der Waals surface area contributed by atoms with Gasteiger partial charge in [0.2, 0.25) is 0 Å². The molecule has 1 aromatic carbocycles. The van der Waals surface area contributed by atoms with Gasteiger partial charge in [0.15, 0.2) is 0 Å². The SMILES string of the molecule is CCC(C)(C)c1cc(C(=O)OC)ccc1C. The van der Waals surface area contributed by atoms with E-state index in [-0.39, 0.29) is 11.4 Å². The van der Waals surface area contributed by atoms with Crippen LogP contribution in [-0.2, 0) is 10.2 Å². The lowest BCUT2D eigenvalue weighted by Gasteiger charge is -2.25. The first kappa shape index (κ1) is 12.8. The summed E-state index contributed by atoms with van der Waals surface area (Å²) >= 11 is 0. The predicted molar refractivity (Wildman–Crippen MR) is 65.8 cm³/mol. The van der Waals surface area contributed by atoms with E-state index in [2.05, 4.69) is 27.7 Å². The Morgan fingerprint density at radius 2 is 2.00 bits per heavy atom. The summed E-state index contributed by atoms with van der Waals surface area (Å²) in [5.41, 5.74) is 3.16. The molecule has 0 saturated heterocycles. The molecular formula is C14H20O2. The highest BCUT2D eigenvalue weighted by molar-refractivity contribution is 5.89. The number of benzene rings is 1. The zero-order valence-electron chi connectivity index (χ0n) is 10.8. The fraction of sp³-hybridized carbons (Fsp3) is 0.500. The van der Waals surface area contributed by atoms with Crippen LogP contribution in [0.1, 0.15) is 48.7 Å². The third-order valence-corrected chi connectivity index (χ3v) is 3.27. The second kappa shape index (κ2) is 4.69. The summed E-state index contributed by atoms with van der Waals surface area (Å²) in [5.74, 6) is -0.270. The number of rotatable bonds is 3. The number of methoxy groups -OCH3 is 1. The van der Waals surface area contributed by atoms with E-state index in [0.717, 1.165) is 6.42 Å². The second-order valence-electron chi connectivity index (χ2n) is 4.76. The fourth-order valence-corrected chi connectivity index (χ4v) is 1.79. The molecule has 0 unspecified atom stereocenters. The summed E-state index contributed by atoms with van der Waals surface area (Å²) in [6, 6.07) is 5.75. The van der Waals surface area contributed by atoms with Gasteiger partial charge in [-0.1, -0.05) is 26.8 Å². The average Bonchev–Trinajstić information content (AvgIpc) is 2.28. The van der Waals surface area contributed by atoms with Gasteiger partial charge in [-0.2, -0.15) is 0 Å². The summed E-state index contributed by atoms with van der Waals surface area (Å²) in [6.45, 7) is 8.62. The third kappa shape index (κ3) is 2.43. The van der Waals surface area contributed by atoms with Gasteiger partial charge in [0, 0.05) is 0 Å². The van der Waals surface area contributed by atoms with E-state index in [1.54, 1.807) is 0 Å². The lowest BCUT2D eigenvalue weighted by Crippen LogP contribution is -2.18. The average molecular weight is 220 g/mol. The molecule has 0 amide bonds. The van der Waals surface area contributed by atoms with Crippen LogP contribution in [0.3, 0.4) is 0 Å². The van der Waals surface area contributed by atoms with Crippen molar-refractivity contribution in [3.63, 3.8) is 0 Å². The van der Waals surface area contributed by atoms with E-state index >= 15 is 0 Å². The molecule has 0 radical (unpaired) electrons. The Bertz CT molecular complexity index is 392. The van der Waals surface area contributed by atoms with Gasteiger partial charge in [-0.05, 0) is 42.0 Å². The Labute approximate surface area is 97.6 Å². The van der Waals surface area contributed by atoms with Gasteiger partial charge in [0.1, 0.15) is 0 Å². The molecule has 0 spiro atoms. The van der Waals surface area contributed by atoms with Crippen LogP contribution < -0.4 is 0 Å². The molecule has 0 saturated carbocycles. The van der Waals surface area contributed by atoms with Crippen molar-refractivity contribution in [2.75, 3.05) is 7.11 Å². The maximum absolute atomic E-state index is 11.5. The van der Waals surface area contributed by atoms with Gasteiger partial charge < -0.3 is 4.74 Å². The number of carbonyl (C=O) groups excluding carboxylic acids is 1. The van der Waals surface area contributed by atoms with Gasteiger partial charge in [0.05, 0.1) is 12.7 Å². The van der Waals surface area contributed by atoms with E-state index in [1.165, 1.54) is 18.2 Å². The molecule has 0 heterocycles. The highest BCUT2D eigenvalue weighted by Gasteiger charge is 2.21. The number of esters is 1. The quantitative estimate of drug-likeness (QED) is 0.729. The Morgan fingerprint density at radius 3 is 2.50 bits per heavy atom. The summed E-state index contributed by atoms with van der Waals surface area (Å²) in [5, 5.41) is 0. The molecule has 2 heteroatoms. The first-order valence-corrected chi connectivity index (χ1v) is 5.62. The molecule has 0 bridgehead atoms. The zero-order chi connectivity index (χ0) is 12.3. The molecule has 0 fully saturated rings. The Balaban J connectivity index is 3.24. The molecule has 0 atom stereocenters. The molecule has 0 aromatic heterocycles. The van der Waals surface area contributed by atoms with Gasteiger partial charge in [-0.15, -0.1) is 0 Å².